The molecule has 1 saturated heterocycles. The van der Waals surface area contributed by atoms with Crippen molar-refractivity contribution in [3.8, 4) is 0 Å². The van der Waals surface area contributed by atoms with Gasteiger partial charge in [-0.3, -0.25) is 9.69 Å². The van der Waals surface area contributed by atoms with E-state index in [4.69, 9.17) is 5.73 Å². The summed E-state index contributed by atoms with van der Waals surface area (Å²) < 4.78 is 0. The van der Waals surface area contributed by atoms with Crippen molar-refractivity contribution < 1.29 is 4.79 Å². The standard InChI is InChI=1S/C14H21N3O/c1-11(2)9-16-7-8-17(14(18)10-16)13-5-3-12(15)4-6-13/h3-6,11H,7-10,15H2,1-2H3. The Morgan fingerprint density at radius 2 is 1.89 bits per heavy atom. The van der Waals surface area contributed by atoms with Gasteiger partial charge in [-0.15, -0.1) is 0 Å². The molecule has 1 aliphatic heterocycles. The predicted octanol–water partition coefficient (Wildman–Crippen LogP) is 1.57. The first-order chi connectivity index (χ1) is 8.56. The van der Waals surface area contributed by atoms with Gasteiger partial charge in [0.15, 0.2) is 0 Å². The van der Waals surface area contributed by atoms with Gasteiger partial charge in [-0.05, 0) is 30.2 Å². The molecule has 1 aliphatic rings. The minimum Gasteiger partial charge on any atom is -0.399 e. The van der Waals surface area contributed by atoms with E-state index in [1.54, 1.807) is 0 Å². The lowest BCUT2D eigenvalue weighted by Gasteiger charge is -2.35. The maximum absolute atomic E-state index is 12.1. The van der Waals surface area contributed by atoms with E-state index in [0.717, 1.165) is 31.0 Å². The smallest absolute Gasteiger partial charge is 0.241 e. The summed E-state index contributed by atoms with van der Waals surface area (Å²) in [6, 6.07) is 7.49. The van der Waals surface area contributed by atoms with Gasteiger partial charge in [0.2, 0.25) is 5.91 Å². The minimum absolute atomic E-state index is 0.173. The molecule has 18 heavy (non-hydrogen) atoms. The minimum atomic E-state index is 0.173. The van der Waals surface area contributed by atoms with E-state index in [-0.39, 0.29) is 5.91 Å². The van der Waals surface area contributed by atoms with Crippen molar-refractivity contribution >= 4 is 17.3 Å². The first kappa shape index (κ1) is 12.9. The fraction of sp³-hybridized carbons (Fsp3) is 0.500. The highest BCUT2D eigenvalue weighted by Crippen LogP contribution is 2.19. The van der Waals surface area contributed by atoms with Crippen LogP contribution in [0.5, 0.6) is 0 Å². The number of benzene rings is 1. The molecular weight excluding hydrogens is 226 g/mol. The zero-order valence-corrected chi connectivity index (χ0v) is 11.1. The maximum atomic E-state index is 12.1. The number of hydrogen-bond acceptors (Lipinski definition) is 3. The maximum Gasteiger partial charge on any atom is 0.241 e. The lowest BCUT2D eigenvalue weighted by atomic mass is 10.1. The van der Waals surface area contributed by atoms with E-state index < -0.39 is 0 Å². The average Bonchev–Trinajstić information content (AvgIpc) is 2.30. The molecule has 1 heterocycles. The number of nitrogen functional groups attached to an aromatic ring is 1. The molecule has 0 atom stereocenters. The molecule has 4 heteroatoms. The third-order valence-electron chi connectivity index (χ3n) is 3.13. The van der Waals surface area contributed by atoms with Gasteiger partial charge >= 0.3 is 0 Å². The van der Waals surface area contributed by atoms with E-state index in [0.29, 0.717) is 12.5 Å². The Morgan fingerprint density at radius 1 is 1.22 bits per heavy atom. The third kappa shape index (κ3) is 3.01. The highest BCUT2D eigenvalue weighted by Gasteiger charge is 2.24. The largest absolute Gasteiger partial charge is 0.399 e. The zero-order chi connectivity index (χ0) is 13.1. The molecule has 1 amide bonds. The van der Waals surface area contributed by atoms with Crippen LogP contribution >= 0.6 is 0 Å². The van der Waals surface area contributed by atoms with Crippen molar-refractivity contribution in [3.05, 3.63) is 24.3 Å². The van der Waals surface area contributed by atoms with Crippen molar-refractivity contribution in [2.24, 2.45) is 5.92 Å². The summed E-state index contributed by atoms with van der Waals surface area (Å²) >= 11 is 0. The fourth-order valence-corrected chi connectivity index (χ4v) is 2.32. The molecule has 0 bridgehead atoms. The summed E-state index contributed by atoms with van der Waals surface area (Å²) in [7, 11) is 0. The summed E-state index contributed by atoms with van der Waals surface area (Å²) in [5.74, 6) is 0.771. The Morgan fingerprint density at radius 3 is 2.44 bits per heavy atom. The Hall–Kier alpha value is -1.55. The molecule has 2 N–H and O–H groups in total. The van der Waals surface area contributed by atoms with Crippen LogP contribution in [-0.2, 0) is 4.79 Å². The molecule has 0 radical (unpaired) electrons. The number of rotatable bonds is 3. The number of nitrogens with zero attached hydrogens (tertiary/aromatic N) is 2. The van der Waals surface area contributed by atoms with Gasteiger partial charge in [0.25, 0.3) is 0 Å². The molecule has 0 spiro atoms. The van der Waals surface area contributed by atoms with Gasteiger partial charge in [-0.2, -0.15) is 0 Å². The van der Waals surface area contributed by atoms with Gasteiger partial charge < -0.3 is 10.6 Å². The Balaban J connectivity index is 2.01. The van der Waals surface area contributed by atoms with Gasteiger partial charge in [0, 0.05) is 31.0 Å². The Labute approximate surface area is 108 Å². The van der Waals surface area contributed by atoms with Crippen LogP contribution in [0.3, 0.4) is 0 Å². The zero-order valence-electron chi connectivity index (χ0n) is 11.1. The predicted molar refractivity (Wildman–Crippen MR) is 74.5 cm³/mol. The monoisotopic (exact) mass is 247 g/mol. The third-order valence-corrected chi connectivity index (χ3v) is 3.13. The lowest BCUT2D eigenvalue weighted by Crippen LogP contribution is -2.51. The van der Waals surface area contributed by atoms with Crippen LogP contribution in [0.25, 0.3) is 0 Å². The van der Waals surface area contributed by atoms with Crippen molar-refractivity contribution in [1.82, 2.24) is 4.90 Å². The number of carbonyl (C=O) groups is 1. The molecule has 1 fully saturated rings. The van der Waals surface area contributed by atoms with Crippen LogP contribution in [-0.4, -0.2) is 37.0 Å². The molecule has 98 valence electrons. The van der Waals surface area contributed by atoms with Crippen molar-refractivity contribution in [1.29, 1.82) is 0 Å². The van der Waals surface area contributed by atoms with Crippen molar-refractivity contribution in [2.45, 2.75) is 13.8 Å². The molecule has 0 saturated carbocycles. The Bertz CT molecular complexity index is 414. The first-order valence-electron chi connectivity index (χ1n) is 6.44. The quantitative estimate of drug-likeness (QED) is 0.825. The van der Waals surface area contributed by atoms with Gasteiger partial charge in [0.05, 0.1) is 6.54 Å². The van der Waals surface area contributed by atoms with Crippen LogP contribution in [0.2, 0.25) is 0 Å². The molecule has 0 aliphatic carbocycles. The summed E-state index contributed by atoms with van der Waals surface area (Å²) in [6.07, 6.45) is 0. The van der Waals surface area contributed by atoms with Crippen molar-refractivity contribution in [2.75, 3.05) is 36.8 Å². The molecule has 4 nitrogen and oxygen atoms in total. The fourth-order valence-electron chi connectivity index (χ4n) is 2.32. The summed E-state index contributed by atoms with van der Waals surface area (Å²) in [5, 5.41) is 0. The van der Waals surface area contributed by atoms with Gasteiger partial charge in [0.1, 0.15) is 0 Å². The number of hydrogen-bond donors (Lipinski definition) is 1. The lowest BCUT2D eigenvalue weighted by molar-refractivity contribution is -0.121. The SMILES string of the molecule is CC(C)CN1CCN(c2ccc(N)cc2)C(=O)C1. The van der Waals surface area contributed by atoms with Crippen molar-refractivity contribution in [3.63, 3.8) is 0 Å². The van der Waals surface area contributed by atoms with Crippen LogP contribution in [0.15, 0.2) is 24.3 Å². The van der Waals surface area contributed by atoms with Crippen LogP contribution in [0, 0.1) is 5.92 Å². The molecule has 0 unspecified atom stereocenters. The van der Waals surface area contributed by atoms with Gasteiger partial charge in [-0.25, -0.2) is 0 Å². The molecule has 1 aromatic rings. The first-order valence-corrected chi connectivity index (χ1v) is 6.44. The van der Waals surface area contributed by atoms with Gasteiger partial charge in [-0.1, -0.05) is 13.8 Å². The number of nitrogens with two attached hydrogens (primary N) is 1. The highest BCUT2D eigenvalue weighted by atomic mass is 16.2. The molecule has 1 aromatic carbocycles. The molecular formula is C14H21N3O. The highest BCUT2D eigenvalue weighted by molar-refractivity contribution is 5.95. The summed E-state index contributed by atoms with van der Waals surface area (Å²) in [6.45, 7) is 7.56. The topological polar surface area (TPSA) is 49.6 Å². The van der Waals surface area contributed by atoms with Crippen LogP contribution in [0.1, 0.15) is 13.8 Å². The number of anilines is 2. The summed E-state index contributed by atoms with van der Waals surface area (Å²) in [4.78, 5) is 16.2. The number of amides is 1. The molecule has 0 aromatic heterocycles. The van der Waals surface area contributed by atoms with E-state index in [2.05, 4.69) is 18.7 Å². The van der Waals surface area contributed by atoms with E-state index in [9.17, 15) is 4.79 Å². The Kier molecular flexibility index (Phi) is 3.87. The number of piperazine rings is 1. The van der Waals surface area contributed by atoms with E-state index in [1.807, 2.05) is 29.2 Å². The molecule has 2 rings (SSSR count). The van der Waals surface area contributed by atoms with Crippen LogP contribution < -0.4 is 10.6 Å². The number of carbonyl (C=O) groups excluding carboxylic acids is 1. The van der Waals surface area contributed by atoms with E-state index >= 15 is 0 Å². The second-order valence-corrected chi connectivity index (χ2v) is 5.27. The average molecular weight is 247 g/mol. The second kappa shape index (κ2) is 5.40. The van der Waals surface area contributed by atoms with E-state index in [1.165, 1.54) is 0 Å². The van der Waals surface area contributed by atoms with Crippen LogP contribution in [0.4, 0.5) is 11.4 Å². The normalized spacial score (nSPS) is 17.5. The summed E-state index contributed by atoms with van der Waals surface area (Å²) in [5.41, 5.74) is 7.33. The second-order valence-electron chi connectivity index (χ2n) is 5.27.